The van der Waals surface area contributed by atoms with Crippen molar-refractivity contribution in [1.82, 2.24) is 10.9 Å². The van der Waals surface area contributed by atoms with Gasteiger partial charge in [0, 0.05) is 11.3 Å². The maximum atomic E-state index is 12.2. The Labute approximate surface area is 182 Å². The highest BCUT2D eigenvalue weighted by Gasteiger charge is 2.18. The van der Waals surface area contributed by atoms with Gasteiger partial charge in [0.25, 0.3) is 11.8 Å². The van der Waals surface area contributed by atoms with Crippen LogP contribution < -0.4 is 15.6 Å². The first-order chi connectivity index (χ1) is 14.0. The monoisotopic (exact) mass is 474 g/mol. The molecular weight excluding hydrogens is 459 g/mol. The summed E-state index contributed by atoms with van der Waals surface area (Å²) in [5, 5.41) is 0.239. The molecule has 2 aromatic carbocycles. The molecule has 0 unspecified atom stereocenters. The Morgan fingerprint density at radius 1 is 1.00 bits per heavy atom. The number of carbonyl (C=O) groups is 3. The van der Waals surface area contributed by atoms with Crippen LogP contribution in [0.4, 0.5) is 0 Å². The van der Waals surface area contributed by atoms with E-state index in [0.717, 1.165) is 12.3 Å². The van der Waals surface area contributed by atoms with Crippen molar-refractivity contribution in [3.63, 3.8) is 0 Å². The summed E-state index contributed by atoms with van der Waals surface area (Å²) in [4.78, 5) is 36.0. The van der Waals surface area contributed by atoms with E-state index in [-0.39, 0.29) is 31.8 Å². The van der Waals surface area contributed by atoms with Gasteiger partial charge in [-0.25, -0.2) is 13.2 Å². The van der Waals surface area contributed by atoms with Gasteiger partial charge in [-0.05, 0) is 36.4 Å². The highest BCUT2D eigenvalue weighted by molar-refractivity contribution is 7.90. The largest absolute Gasteiger partial charge is 0.496 e. The van der Waals surface area contributed by atoms with Crippen molar-refractivity contribution in [2.24, 2.45) is 0 Å². The van der Waals surface area contributed by atoms with Crippen LogP contribution in [0.1, 0.15) is 20.7 Å². The molecule has 30 heavy (non-hydrogen) atoms. The van der Waals surface area contributed by atoms with Crippen LogP contribution in [0.25, 0.3) is 0 Å². The van der Waals surface area contributed by atoms with Crippen LogP contribution in [0.15, 0.2) is 41.3 Å². The molecule has 2 N–H and O–H groups in total. The molecule has 0 aliphatic carbocycles. The average molecular weight is 475 g/mol. The zero-order valence-electron chi connectivity index (χ0n) is 15.7. The van der Waals surface area contributed by atoms with E-state index in [4.69, 9.17) is 32.7 Å². The summed E-state index contributed by atoms with van der Waals surface area (Å²) in [6.07, 6.45) is 0.969. The second-order valence-corrected chi connectivity index (χ2v) is 8.70. The van der Waals surface area contributed by atoms with Gasteiger partial charge in [-0.3, -0.25) is 20.4 Å². The van der Waals surface area contributed by atoms with E-state index in [1.165, 1.54) is 37.4 Å². The summed E-state index contributed by atoms with van der Waals surface area (Å²) >= 11 is 11.7. The molecule has 0 saturated heterocycles. The Balaban J connectivity index is 1.96. The van der Waals surface area contributed by atoms with Gasteiger partial charge in [-0.2, -0.15) is 0 Å². The van der Waals surface area contributed by atoms with Crippen molar-refractivity contribution in [2.75, 3.05) is 20.0 Å². The van der Waals surface area contributed by atoms with Crippen molar-refractivity contribution in [3.8, 4) is 5.75 Å². The third-order valence-corrected chi connectivity index (χ3v) is 5.32. The summed E-state index contributed by atoms with van der Waals surface area (Å²) in [5.74, 6) is -2.34. The number of carbonyl (C=O) groups excluding carboxylic acids is 3. The lowest BCUT2D eigenvalue weighted by atomic mass is 10.2. The Morgan fingerprint density at radius 3 is 2.33 bits per heavy atom. The van der Waals surface area contributed by atoms with Crippen LogP contribution in [-0.4, -0.2) is 46.2 Å². The van der Waals surface area contributed by atoms with Gasteiger partial charge in [-0.15, -0.1) is 0 Å². The van der Waals surface area contributed by atoms with Crippen molar-refractivity contribution in [2.45, 2.75) is 4.90 Å². The van der Waals surface area contributed by atoms with Crippen LogP contribution in [-0.2, 0) is 19.4 Å². The topological polar surface area (TPSA) is 128 Å². The molecule has 0 atom stereocenters. The maximum Gasteiger partial charge on any atom is 0.340 e. The van der Waals surface area contributed by atoms with E-state index in [0.29, 0.717) is 0 Å². The van der Waals surface area contributed by atoms with Crippen molar-refractivity contribution < 1.29 is 32.3 Å². The summed E-state index contributed by atoms with van der Waals surface area (Å²) in [6, 6.07) is 7.87. The van der Waals surface area contributed by atoms with E-state index in [1.54, 1.807) is 0 Å². The molecule has 0 spiro atoms. The lowest BCUT2D eigenvalue weighted by Gasteiger charge is -2.11. The predicted octanol–water partition coefficient (Wildman–Crippen LogP) is 2.02. The molecule has 0 aromatic heterocycles. The van der Waals surface area contributed by atoms with Crippen molar-refractivity contribution in [1.29, 1.82) is 0 Å². The lowest BCUT2D eigenvalue weighted by Crippen LogP contribution is -2.43. The smallest absolute Gasteiger partial charge is 0.340 e. The Hall–Kier alpha value is -2.82. The fraction of sp³-hybridized carbons (Fsp3) is 0.167. The number of ether oxygens (including phenoxy) is 2. The second-order valence-electron chi connectivity index (χ2n) is 5.84. The van der Waals surface area contributed by atoms with Crippen molar-refractivity contribution >= 4 is 50.8 Å². The van der Waals surface area contributed by atoms with Gasteiger partial charge < -0.3 is 9.47 Å². The number of rotatable bonds is 6. The third kappa shape index (κ3) is 6.09. The molecular formula is C18H16Cl2N2O7S. The zero-order valence-corrected chi connectivity index (χ0v) is 18.0. The van der Waals surface area contributed by atoms with E-state index in [1.807, 2.05) is 0 Å². The molecule has 0 radical (unpaired) electrons. The maximum absolute atomic E-state index is 12.2. The highest BCUT2D eigenvalue weighted by atomic mass is 35.5. The van der Waals surface area contributed by atoms with E-state index < -0.39 is 34.2 Å². The third-order valence-electron chi connectivity index (χ3n) is 3.64. The lowest BCUT2D eigenvalue weighted by molar-refractivity contribution is -0.125. The Morgan fingerprint density at radius 2 is 1.70 bits per heavy atom. The first-order valence-electron chi connectivity index (χ1n) is 8.12. The molecule has 9 nitrogen and oxygen atoms in total. The summed E-state index contributed by atoms with van der Waals surface area (Å²) in [7, 11) is -2.21. The van der Waals surface area contributed by atoms with Crippen LogP contribution >= 0.6 is 23.2 Å². The van der Waals surface area contributed by atoms with Crippen LogP contribution in [0.2, 0.25) is 10.0 Å². The molecule has 0 fully saturated rings. The Bertz CT molecular complexity index is 1100. The first-order valence-corrected chi connectivity index (χ1v) is 10.8. The van der Waals surface area contributed by atoms with Crippen LogP contribution in [0.3, 0.4) is 0 Å². The number of methoxy groups -OCH3 is 1. The summed E-state index contributed by atoms with van der Waals surface area (Å²) in [6.45, 7) is -0.759. The normalized spacial score (nSPS) is 10.8. The molecule has 12 heteroatoms. The molecule has 2 rings (SSSR count). The number of halogens is 2. The van der Waals surface area contributed by atoms with Gasteiger partial charge in [0.2, 0.25) is 0 Å². The second kappa shape index (κ2) is 9.79. The predicted molar refractivity (Wildman–Crippen MR) is 108 cm³/mol. The number of nitrogens with one attached hydrogen (secondary N) is 2. The minimum atomic E-state index is -3.57. The van der Waals surface area contributed by atoms with E-state index in [2.05, 4.69) is 10.9 Å². The standard InChI is InChI=1S/C18H16Cl2N2O7S/c1-28-15-6-3-10(19)7-13(15)17(24)22-21-16(23)9-29-18(25)12-8-11(30(2,26)27)4-5-14(12)20/h3-8H,9H2,1-2H3,(H,21,23)(H,22,24). The highest BCUT2D eigenvalue weighted by Crippen LogP contribution is 2.23. The number of hydrogen-bond donors (Lipinski definition) is 2. The quantitative estimate of drug-likeness (QED) is 0.483. The Kier molecular flexibility index (Phi) is 7.65. The SMILES string of the molecule is COc1ccc(Cl)cc1C(=O)NNC(=O)COC(=O)c1cc(S(C)(=O)=O)ccc1Cl. The number of benzene rings is 2. The minimum Gasteiger partial charge on any atom is -0.496 e. The molecule has 0 saturated carbocycles. The molecule has 0 heterocycles. The van der Waals surface area contributed by atoms with Crippen molar-refractivity contribution in [3.05, 3.63) is 57.6 Å². The number of sulfone groups is 1. The first kappa shape index (κ1) is 23.5. The molecule has 2 amide bonds. The number of esters is 1. The van der Waals surface area contributed by atoms with Crippen LogP contribution in [0, 0.1) is 0 Å². The van der Waals surface area contributed by atoms with Crippen LogP contribution in [0.5, 0.6) is 5.75 Å². The fourth-order valence-electron chi connectivity index (χ4n) is 2.19. The summed E-state index contributed by atoms with van der Waals surface area (Å²) < 4.78 is 33.1. The number of hydrazine groups is 1. The molecule has 0 aliphatic rings. The molecule has 2 aromatic rings. The average Bonchev–Trinajstić information content (AvgIpc) is 2.69. The number of amides is 2. The minimum absolute atomic E-state index is 0.0471. The van der Waals surface area contributed by atoms with Gasteiger partial charge in [0.1, 0.15) is 5.75 Å². The summed E-state index contributed by atoms with van der Waals surface area (Å²) in [5.41, 5.74) is 4.05. The van der Waals surface area contributed by atoms with Gasteiger partial charge in [0.15, 0.2) is 16.4 Å². The van der Waals surface area contributed by atoms with E-state index >= 15 is 0 Å². The zero-order chi connectivity index (χ0) is 22.5. The van der Waals surface area contributed by atoms with Gasteiger partial charge in [0.05, 0.1) is 28.2 Å². The van der Waals surface area contributed by atoms with Gasteiger partial charge >= 0.3 is 5.97 Å². The van der Waals surface area contributed by atoms with E-state index in [9.17, 15) is 22.8 Å². The molecule has 160 valence electrons. The van der Waals surface area contributed by atoms with Gasteiger partial charge in [-0.1, -0.05) is 23.2 Å². The molecule has 0 aliphatic heterocycles. The number of hydrogen-bond acceptors (Lipinski definition) is 7. The molecule has 0 bridgehead atoms. The fourth-order valence-corrected chi connectivity index (χ4v) is 3.20.